The fraction of sp³-hybridized carbons (Fsp3) is 0.400. The fourth-order valence-electron chi connectivity index (χ4n) is 5.28. The van der Waals surface area contributed by atoms with Gasteiger partial charge in [-0.05, 0) is 55.0 Å². The van der Waals surface area contributed by atoms with Crippen LogP contribution in [0.5, 0.6) is 5.75 Å². The topological polar surface area (TPSA) is 110 Å². The lowest BCUT2D eigenvalue weighted by Crippen LogP contribution is -2.50. The highest BCUT2D eigenvalue weighted by atomic mass is 32.2. The molecule has 1 aliphatic carbocycles. The number of nitrogens with zero attached hydrogens (tertiary/aromatic N) is 2. The van der Waals surface area contributed by atoms with Crippen molar-refractivity contribution in [2.45, 2.75) is 43.7 Å². The van der Waals surface area contributed by atoms with E-state index in [1.807, 2.05) is 36.4 Å². The molecular weight excluding hydrogens is 528 g/mol. The van der Waals surface area contributed by atoms with Crippen LogP contribution in [0.15, 0.2) is 79.1 Å². The quantitative estimate of drug-likeness (QED) is 0.327. The maximum absolute atomic E-state index is 13.4. The first-order chi connectivity index (χ1) is 19.4. The van der Waals surface area contributed by atoms with Crippen LogP contribution in [-0.4, -0.2) is 63.6 Å². The lowest BCUT2D eigenvalue weighted by Gasteiger charge is -2.41. The second-order valence-electron chi connectivity index (χ2n) is 10.1. The zero-order valence-electron chi connectivity index (χ0n) is 23.1. The van der Waals surface area contributed by atoms with Crippen LogP contribution in [0.3, 0.4) is 0 Å². The average Bonchev–Trinajstić information content (AvgIpc) is 2.99. The molecule has 3 aromatic rings. The summed E-state index contributed by atoms with van der Waals surface area (Å²) in [6.07, 6.45) is 6.06. The molecule has 9 nitrogen and oxygen atoms in total. The van der Waals surface area contributed by atoms with Crippen molar-refractivity contribution in [3.63, 3.8) is 0 Å². The van der Waals surface area contributed by atoms with Crippen molar-refractivity contribution >= 4 is 16.1 Å². The Kier molecular flexibility index (Phi) is 10.3. The predicted octanol–water partition coefficient (Wildman–Crippen LogP) is 3.68. The molecular formula is C30H38N4O5S. The number of amides is 1. The standard InChI is InChI=1S/C30H38N4O5S/c1-38-20-19-34(22-24-9-8-18-31-21-24)40(36,37)33-26-14-16-30(17-15-26,25-10-4-3-5-11-25)23-32-29(35)27-12-6-7-13-28(27)39-2/h3-13,18,21,26,33H,14-17,19-20,22-23H2,1-2H3,(H,32,35)/t26-,30-. The van der Waals surface area contributed by atoms with Crippen LogP contribution in [0.1, 0.15) is 47.2 Å². The first kappa shape index (κ1) is 29.7. The zero-order valence-corrected chi connectivity index (χ0v) is 23.9. The molecule has 1 aliphatic rings. The maximum atomic E-state index is 13.4. The molecule has 0 radical (unpaired) electrons. The molecule has 0 unspecified atom stereocenters. The Bertz CT molecular complexity index is 1330. The normalized spacial score (nSPS) is 19.3. The van der Waals surface area contributed by atoms with E-state index >= 15 is 0 Å². The number of hydrogen-bond acceptors (Lipinski definition) is 6. The van der Waals surface area contributed by atoms with Gasteiger partial charge in [0.2, 0.25) is 0 Å². The molecule has 0 bridgehead atoms. The summed E-state index contributed by atoms with van der Waals surface area (Å²) in [6, 6.07) is 20.7. The van der Waals surface area contributed by atoms with Gasteiger partial charge in [-0.15, -0.1) is 0 Å². The van der Waals surface area contributed by atoms with Gasteiger partial charge in [0.05, 0.1) is 19.3 Å². The van der Waals surface area contributed by atoms with Crippen LogP contribution < -0.4 is 14.8 Å². The summed E-state index contributed by atoms with van der Waals surface area (Å²) in [6.45, 7) is 1.17. The summed E-state index contributed by atoms with van der Waals surface area (Å²) >= 11 is 0. The van der Waals surface area contributed by atoms with E-state index in [1.54, 1.807) is 44.8 Å². The lowest BCUT2D eigenvalue weighted by atomic mass is 9.68. The first-order valence-corrected chi connectivity index (χ1v) is 14.9. The van der Waals surface area contributed by atoms with E-state index in [0.717, 1.165) is 24.0 Å². The molecule has 10 heteroatoms. The Hall–Kier alpha value is -3.31. The van der Waals surface area contributed by atoms with Crippen LogP contribution in [-0.2, 0) is 26.9 Å². The summed E-state index contributed by atoms with van der Waals surface area (Å²) in [7, 11) is -0.668. The highest BCUT2D eigenvalue weighted by Crippen LogP contribution is 2.39. The number of aromatic nitrogens is 1. The second-order valence-corrected chi connectivity index (χ2v) is 11.8. The van der Waals surface area contributed by atoms with Gasteiger partial charge < -0.3 is 14.8 Å². The number of carbonyl (C=O) groups is 1. The van der Waals surface area contributed by atoms with Gasteiger partial charge >= 0.3 is 0 Å². The Labute approximate surface area is 237 Å². The van der Waals surface area contributed by atoms with Crippen molar-refractivity contribution in [3.8, 4) is 5.75 Å². The van der Waals surface area contributed by atoms with Gasteiger partial charge in [-0.25, -0.2) is 0 Å². The molecule has 40 heavy (non-hydrogen) atoms. The number of benzene rings is 2. The third-order valence-corrected chi connectivity index (χ3v) is 9.17. The molecule has 1 aromatic heterocycles. The van der Waals surface area contributed by atoms with E-state index in [1.165, 1.54) is 4.31 Å². The fourth-order valence-corrected chi connectivity index (χ4v) is 6.72. The predicted molar refractivity (Wildman–Crippen MR) is 154 cm³/mol. The van der Waals surface area contributed by atoms with E-state index in [9.17, 15) is 13.2 Å². The van der Waals surface area contributed by atoms with Crippen molar-refractivity contribution < 1.29 is 22.7 Å². The van der Waals surface area contributed by atoms with Crippen LogP contribution in [0.25, 0.3) is 0 Å². The van der Waals surface area contributed by atoms with Crippen molar-refractivity contribution in [1.29, 1.82) is 0 Å². The minimum Gasteiger partial charge on any atom is -0.496 e. The monoisotopic (exact) mass is 566 g/mol. The SMILES string of the molecule is COCCN(Cc1cccnc1)S(=O)(=O)N[C@H]1CC[C@](CNC(=O)c2ccccc2OC)(c2ccccc2)CC1. The first-order valence-electron chi connectivity index (χ1n) is 13.5. The third-order valence-electron chi connectivity index (χ3n) is 7.55. The van der Waals surface area contributed by atoms with Crippen molar-refractivity contribution in [1.82, 2.24) is 19.3 Å². The van der Waals surface area contributed by atoms with Gasteiger partial charge in [-0.3, -0.25) is 9.78 Å². The van der Waals surface area contributed by atoms with E-state index < -0.39 is 10.2 Å². The number of rotatable bonds is 13. The minimum atomic E-state index is -3.77. The summed E-state index contributed by atoms with van der Waals surface area (Å²) in [5.41, 5.74) is 2.11. The molecule has 0 spiro atoms. The Morgan fingerprint density at radius 2 is 1.75 bits per heavy atom. The number of hydrogen-bond donors (Lipinski definition) is 2. The average molecular weight is 567 g/mol. The van der Waals surface area contributed by atoms with Gasteiger partial charge in [0.15, 0.2) is 0 Å². The molecule has 0 atom stereocenters. The number of ether oxygens (including phenoxy) is 2. The number of carbonyl (C=O) groups excluding carboxylic acids is 1. The lowest BCUT2D eigenvalue weighted by molar-refractivity contribution is 0.0932. The molecule has 2 aromatic carbocycles. The van der Waals surface area contributed by atoms with Crippen molar-refractivity contribution in [3.05, 3.63) is 95.8 Å². The van der Waals surface area contributed by atoms with Gasteiger partial charge in [-0.2, -0.15) is 17.4 Å². The van der Waals surface area contributed by atoms with Crippen LogP contribution >= 0.6 is 0 Å². The Morgan fingerprint density at radius 1 is 1.02 bits per heavy atom. The molecule has 1 fully saturated rings. The molecule has 0 saturated heterocycles. The van der Waals surface area contributed by atoms with Gasteiger partial charge in [0, 0.05) is 50.6 Å². The highest BCUT2D eigenvalue weighted by molar-refractivity contribution is 7.87. The summed E-state index contributed by atoms with van der Waals surface area (Å²) in [4.78, 5) is 17.2. The highest BCUT2D eigenvalue weighted by Gasteiger charge is 2.39. The van der Waals surface area contributed by atoms with Crippen molar-refractivity contribution in [2.24, 2.45) is 0 Å². The van der Waals surface area contributed by atoms with Crippen LogP contribution in [0, 0.1) is 0 Å². The molecule has 0 aliphatic heterocycles. The Morgan fingerprint density at radius 3 is 2.42 bits per heavy atom. The smallest absolute Gasteiger partial charge is 0.280 e. The second kappa shape index (κ2) is 13.8. The number of pyridine rings is 1. The largest absolute Gasteiger partial charge is 0.496 e. The summed E-state index contributed by atoms with van der Waals surface area (Å²) < 4.78 is 41.8. The maximum Gasteiger partial charge on any atom is 0.280 e. The summed E-state index contributed by atoms with van der Waals surface area (Å²) in [5, 5.41) is 3.13. The Balaban J connectivity index is 1.45. The molecule has 4 rings (SSSR count). The number of methoxy groups -OCH3 is 2. The number of para-hydroxylation sites is 1. The molecule has 214 valence electrons. The molecule has 1 heterocycles. The van der Waals surface area contributed by atoms with Crippen LogP contribution in [0.2, 0.25) is 0 Å². The van der Waals surface area contributed by atoms with Gasteiger partial charge in [0.1, 0.15) is 5.75 Å². The van der Waals surface area contributed by atoms with E-state index in [-0.39, 0.29) is 37.1 Å². The molecule has 1 saturated carbocycles. The molecule has 2 N–H and O–H groups in total. The van der Waals surface area contributed by atoms with Gasteiger partial charge in [-0.1, -0.05) is 48.5 Å². The minimum absolute atomic E-state index is 0.195. The van der Waals surface area contributed by atoms with Gasteiger partial charge in [0.25, 0.3) is 16.1 Å². The van der Waals surface area contributed by atoms with Crippen LogP contribution in [0.4, 0.5) is 0 Å². The number of nitrogens with one attached hydrogen (secondary N) is 2. The van der Waals surface area contributed by atoms with Crippen molar-refractivity contribution in [2.75, 3.05) is 33.9 Å². The molecule has 1 amide bonds. The van der Waals surface area contributed by atoms with E-state index in [4.69, 9.17) is 9.47 Å². The summed E-state index contributed by atoms with van der Waals surface area (Å²) in [5.74, 6) is 0.330. The third kappa shape index (κ3) is 7.45. The van der Waals surface area contributed by atoms with E-state index in [0.29, 0.717) is 30.7 Å². The van der Waals surface area contributed by atoms with E-state index in [2.05, 4.69) is 27.2 Å². The zero-order chi connectivity index (χ0) is 28.4.